The third kappa shape index (κ3) is 2.64. The van der Waals surface area contributed by atoms with E-state index in [1.807, 2.05) is 12.3 Å². The molecule has 0 saturated heterocycles. The van der Waals surface area contributed by atoms with E-state index in [0.717, 1.165) is 0 Å². The molecule has 92 valence electrons. The van der Waals surface area contributed by atoms with E-state index in [9.17, 15) is 0 Å². The number of hydrogen-bond acceptors (Lipinski definition) is 1. The van der Waals surface area contributed by atoms with Gasteiger partial charge in [0, 0.05) is 11.5 Å². The van der Waals surface area contributed by atoms with Crippen molar-refractivity contribution in [3.05, 3.63) is 85.1 Å². The number of aromatic nitrogens is 1. The Balaban J connectivity index is 2.12. The van der Waals surface area contributed by atoms with Crippen LogP contribution in [0.4, 0.5) is 0 Å². The van der Waals surface area contributed by atoms with E-state index >= 15 is 0 Å². The van der Waals surface area contributed by atoms with Crippen molar-refractivity contribution >= 4 is 24.5 Å². The molecule has 3 rings (SSSR count). The van der Waals surface area contributed by atoms with E-state index in [1.165, 1.54) is 15.7 Å². The lowest BCUT2D eigenvalue weighted by molar-refractivity contribution is 1.38. The van der Waals surface area contributed by atoms with E-state index < -0.39 is 8.80 Å². The first-order valence-electron chi connectivity index (χ1n) is 6.46. The molecule has 1 aromatic heterocycles. The molecule has 0 atom stereocenters. The number of hydrogen-bond donors (Lipinski definition) is 0. The van der Waals surface area contributed by atoms with Crippen molar-refractivity contribution in [3.8, 4) is 0 Å². The Morgan fingerprint density at radius 2 is 1.11 bits per heavy atom. The molecule has 0 radical (unpaired) electrons. The summed E-state index contributed by atoms with van der Waals surface area (Å²) in [6, 6.07) is 27.7. The number of rotatable bonds is 3. The lowest BCUT2D eigenvalue weighted by Crippen LogP contribution is -2.53. The number of nitrogens with zero attached hydrogens (tertiary/aromatic N) is 1. The van der Waals surface area contributed by atoms with Gasteiger partial charge in [0.1, 0.15) is 0 Å². The van der Waals surface area contributed by atoms with Gasteiger partial charge < -0.3 is 0 Å². The lowest BCUT2D eigenvalue weighted by atomic mass is 10.4. The molecular formula is C17H15NSi. The first-order chi connectivity index (χ1) is 9.45. The third-order valence-corrected chi connectivity index (χ3v) is 6.29. The Kier molecular flexibility index (Phi) is 3.52. The van der Waals surface area contributed by atoms with Gasteiger partial charge in [-0.1, -0.05) is 77.1 Å². The van der Waals surface area contributed by atoms with Crippen molar-refractivity contribution in [3.63, 3.8) is 0 Å². The zero-order valence-electron chi connectivity index (χ0n) is 10.6. The van der Waals surface area contributed by atoms with Gasteiger partial charge in [-0.2, -0.15) is 0 Å². The van der Waals surface area contributed by atoms with Crippen LogP contribution in [0, 0.1) is 0 Å². The average Bonchev–Trinajstić information content (AvgIpc) is 2.51. The molecule has 3 aromatic rings. The highest BCUT2D eigenvalue weighted by Gasteiger charge is 2.19. The molecule has 2 aromatic carbocycles. The monoisotopic (exact) mass is 261 g/mol. The van der Waals surface area contributed by atoms with Gasteiger partial charge in [0.2, 0.25) is 0 Å². The molecule has 0 spiro atoms. The van der Waals surface area contributed by atoms with Crippen LogP contribution in [0.15, 0.2) is 85.1 Å². The molecule has 0 fully saturated rings. The fourth-order valence-corrected chi connectivity index (χ4v) is 5.19. The van der Waals surface area contributed by atoms with E-state index in [0.29, 0.717) is 0 Å². The topological polar surface area (TPSA) is 12.9 Å². The Morgan fingerprint density at radius 1 is 0.579 bits per heavy atom. The van der Waals surface area contributed by atoms with Crippen molar-refractivity contribution in [2.45, 2.75) is 0 Å². The minimum absolute atomic E-state index is 1.22. The molecule has 19 heavy (non-hydrogen) atoms. The minimum atomic E-state index is -1.42. The van der Waals surface area contributed by atoms with Crippen LogP contribution in [0.25, 0.3) is 0 Å². The largest absolute Gasteiger partial charge is 0.266 e. The molecule has 2 heteroatoms. The summed E-state index contributed by atoms with van der Waals surface area (Å²) in [6.45, 7) is 0. The van der Waals surface area contributed by atoms with E-state index in [4.69, 9.17) is 0 Å². The van der Waals surface area contributed by atoms with Gasteiger partial charge in [-0.05, 0) is 12.1 Å². The molecule has 0 bridgehead atoms. The van der Waals surface area contributed by atoms with Crippen LogP contribution in [0.5, 0.6) is 0 Å². The molecule has 0 aliphatic carbocycles. The van der Waals surface area contributed by atoms with Gasteiger partial charge in [-0.15, -0.1) is 0 Å². The zero-order valence-corrected chi connectivity index (χ0v) is 11.8. The highest BCUT2D eigenvalue weighted by molar-refractivity contribution is 6.95. The second-order valence-electron chi connectivity index (χ2n) is 4.51. The standard InChI is InChI=1S/C17H15NSi/c1-3-9-15(10-4-1)19(16-11-5-2-6-12-16)17-13-7-8-14-18-17/h1-14,19H. The Labute approximate surface area is 115 Å². The zero-order chi connectivity index (χ0) is 12.9. The second kappa shape index (κ2) is 5.63. The van der Waals surface area contributed by atoms with Gasteiger partial charge in [0.15, 0.2) is 8.80 Å². The van der Waals surface area contributed by atoms with E-state index in [1.54, 1.807) is 0 Å². The smallest absolute Gasteiger partial charge is 0.155 e. The molecule has 0 N–H and O–H groups in total. The summed E-state index contributed by atoms with van der Waals surface area (Å²) in [5.41, 5.74) is 0. The summed E-state index contributed by atoms with van der Waals surface area (Å²) < 4.78 is 0. The first kappa shape index (κ1) is 11.9. The van der Waals surface area contributed by atoms with Crippen LogP contribution in [-0.4, -0.2) is 13.8 Å². The van der Waals surface area contributed by atoms with Crippen molar-refractivity contribution < 1.29 is 0 Å². The van der Waals surface area contributed by atoms with Crippen molar-refractivity contribution in [2.75, 3.05) is 0 Å². The SMILES string of the molecule is c1ccc([SiH](c2ccccc2)c2ccccn2)cc1. The Morgan fingerprint density at radius 3 is 1.58 bits per heavy atom. The molecule has 0 unspecified atom stereocenters. The summed E-state index contributed by atoms with van der Waals surface area (Å²) in [6.07, 6.45) is 1.89. The maximum atomic E-state index is 4.59. The fourth-order valence-electron chi connectivity index (χ4n) is 2.37. The molecule has 0 aliphatic rings. The van der Waals surface area contributed by atoms with Crippen LogP contribution >= 0.6 is 0 Å². The molecule has 0 saturated carbocycles. The molecule has 0 aliphatic heterocycles. The van der Waals surface area contributed by atoms with Gasteiger partial charge in [-0.25, -0.2) is 0 Å². The minimum Gasteiger partial charge on any atom is -0.266 e. The highest BCUT2D eigenvalue weighted by Crippen LogP contribution is 1.93. The summed E-state index contributed by atoms with van der Waals surface area (Å²) in [4.78, 5) is 4.59. The quantitative estimate of drug-likeness (QED) is 0.648. The van der Waals surface area contributed by atoms with Gasteiger partial charge in [0.05, 0.1) is 0 Å². The maximum absolute atomic E-state index is 4.59. The van der Waals surface area contributed by atoms with Crippen LogP contribution in [0.1, 0.15) is 0 Å². The molecule has 0 amide bonds. The predicted molar refractivity (Wildman–Crippen MR) is 83.2 cm³/mol. The molecular weight excluding hydrogens is 246 g/mol. The first-order valence-corrected chi connectivity index (χ1v) is 8.19. The summed E-state index contributed by atoms with van der Waals surface area (Å²) in [5, 5.41) is 4.04. The summed E-state index contributed by atoms with van der Waals surface area (Å²) in [5.74, 6) is 0. The molecule has 1 heterocycles. The second-order valence-corrected chi connectivity index (χ2v) is 7.30. The van der Waals surface area contributed by atoms with Crippen LogP contribution < -0.4 is 15.7 Å². The van der Waals surface area contributed by atoms with Crippen molar-refractivity contribution in [1.29, 1.82) is 0 Å². The van der Waals surface area contributed by atoms with Gasteiger partial charge in [-0.3, -0.25) is 4.98 Å². The molecule has 1 nitrogen and oxygen atoms in total. The fraction of sp³-hybridized carbons (Fsp3) is 0. The maximum Gasteiger partial charge on any atom is 0.155 e. The summed E-state index contributed by atoms with van der Waals surface area (Å²) in [7, 11) is -1.42. The lowest BCUT2D eigenvalue weighted by Gasteiger charge is -2.15. The average molecular weight is 261 g/mol. The normalized spacial score (nSPS) is 10.6. The van der Waals surface area contributed by atoms with Crippen LogP contribution in [0.2, 0.25) is 0 Å². The number of benzene rings is 2. The van der Waals surface area contributed by atoms with Crippen molar-refractivity contribution in [1.82, 2.24) is 4.98 Å². The summed E-state index contributed by atoms with van der Waals surface area (Å²) >= 11 is 0. The highest BCUT2D eigenvalue weighted by atomic mass is 28.3. The number of pyridine rings is 1. The van der Waals surface area contributed by atoms with Crippen molar-refractivity contribution in [2.24, 2.45) is 0 Å². The van der Waals surface area contributed by atoms with Crippen LogP contribution in [-0.2, 0) is 0 Å². The predicted octanol–water partition coefficient (Wildman–Crippen LogP) is 1.33. The Bertz CT molecular complexity index is 529. The van der Waals surface area contributed by atoms with Crippen LogP contribution in [0.3, 0.4) is 0 Å². The van der Waals surface area contributed by atoms with E-state index in [-0.39, 0.29) is 0 Å². The third-order valence-electron chi connectivity index (χ3n) is 3.25. The van der Waals surface area contributed by atoms with Gasteiger partial charge in [0.25, 0.3) is 0 Å². The van der Waals surface area contributed by atoms with Gasteiger partial charge >= 0.3 is 0 Å². The van der Waals surface area contributed by atoms with E-state index in [2.05, 4.69) is 77.8 Å². The Hall–Kier alpha value is -2.19.